The number of thiophene rings is 1. The van der Waals surface area contributed by atoms with Crippen LogP contribution in [-0.2, 0) is 11.3 Å². The van der Waals surface area contributed by atoms with E-state index in [1.165, 1.54) is 34.4 Å². The summed E-state index contributed by atoms with van der Waals surface area (Å²) in [7, 11) is 5.49. The zero-order valence-electron chi connectivity index (χ0n) is 19.1. The molecule has 0 saturated carbocycles. The maximum absolute atomic E-state index is 13.3. The molecule has 0 spiro atoms. The largest absolute Gasteiger partial charge is 0.497 e. The molecule has 0 aliphatic carbocycles. The first kappa shape index (κ1) is 23.6. The SMILES string of the molecule is COc1cccc([C@@H](CNC(=O)Cn2cnc3scc(-c4ccc(F)cc4)c3c2=O)N(C)C)c1. The highest BCUT2D eigenvalue weighted by atomic mass is 32.1. The van der Waals surface area contributed by atoms with Crippen LogP contribution >= 0.6 is 11.3 Å². The third kappa shape index (κ3) is 5.00. The van der Waals surface area contributed by atoms with Crippen molar-refractivity contribution in [3.63, 3.8) is 0 Å². The van der Waals surface area contributed by atoms with E-state index in [9.17, 15) is 14.0 Å². The number of halogens is 1. The van der Waals surface area contributed by atoms with Crippen LogP contribution in [-0.4, -0.2) is 48.1 Å². The van der Waals surface area contributed by atoms with E-state index in [1.807, 2.05) is 48.6 Å². The van der Waals surface area contributed by atoms with Gasteiger partial charge in [-0.3, -0.25) is 14.2 Å². The molecule has 34 heavy (non-hydrogen) atoms. The van der Waals surface area contributed by atoms with Crippen LogP contribution in [0.3, 0.4) is 0 Å². The molecule has 0 fully saturated rings. The number of carbonyl (C=O) groups is 1. The van der Waals surface area contributed by atoms with Crippen molar-refractivity contribution in [1.82, 2.24) is 19.8 Å². The number of nitrogens with one attached hydrogen (secondary N) is 1. The second-order valence-corrected chi connectivity index (χ2v) is 8.93. The number of amides is 1. The van der Waals surface area contributed by atoms with Gasteiger partial charge in [0.05, 0.1) is 24.9 Å². The van der Waals surface area contributed by atoms with Crippen LogP contribution < -0.4 is 15.6 Å². The third-order valence-corrected chi connectivity index (χ3v) is 6.51. The molecule has 1 amide bonds. The lowest BCUT2D eigenvalue weighted by molar-refractivity contribution is -0.121. The Bertz CT molecular complexity index is 1360. The number of likely N-dealkylation sites (N-methyl/N-ethyl adjacent to an activating group) is 1. The van der Waals surface area contributed by atoms with Crippen molar-refractivity contribution in [2.45, 2.75) is 12.6 Å². The molecule has 2 heterocycles. The zero-order chi connectivity index (χ0) is 24.2. The summed E-state index contributed by atoms with van der Waals surface area (Å²) in [5, 5.41) is 5.17. The highest BCUT2D eigenvalue weighted by Gasteiger charge is 2.18. The average molecular weight is 481 g/mol. The van der Waals surface area contributed by atoms with Crippen LogP contribution in [0.5, 0.6) is 5.75 Å². The molecular weight excluding hydrogens is 455 g/mol. The van der Waals surface area contributed by atoms with Gasteiger partial charge < -0.3 is 15.0 Å². The number of hydrogen-bond donors (Lipinski definition) is 1. The highest BCUT2D eigenvalue weighted by Crippen LogP contribution is 2.30. The summed E-state index contributed by atoms with van der Waals surface area (Å²) in [6.07, 6.45) is 1.39. The van der Waals surface area contributed by atoms with Crippen molar-refractivity contribution in [3.05, 3.63) is 82.0 Å². The zero-order valence-corrected chi connectivity index (χ0v) is 19.9. The number of rotatable bonds is 8. The Labute approximate surface area is 200 Å². The molecule has 0 bridgehead atoms. The first-order valence-corrected chi connectivity index (χ1v) is 11.5. The first-order chi connectivity index (χ1) is 16.4. The van der Waals surface area contributed by atoms with Crippen molar-refractivity contribution in [2.24, 2.45) is 0 Å². The van der Waals surface area contributed by atoms with Crippen molar-refractivity contribution < 1.29 is 13.9 Å². The molecule has 1 atom stereocenters. The molecule has 176 valence electrons. The van der Waals surface area contributed by atoms with Gasteiger partial charge in [0.2, 0.25) is 5.91 Å². The van der Waals surface area contributed by atoms with E-state index in [-0.39, 0.29) is 29.9 Å². The van der Waals surface area contributed by atoms with Crippen molar-refractivity contribution >= 4 is 27.5 Å². The van der Waals surface area contributed by atoms with E-state index in [1.54, 1.807) is 19.2 Å². The Morgan fingerprint density at radius 3 is 2.71 bits per heavy atom. The Morgan fingerprint density at radius 1 is 1.24 bits per heavy atom. The number of ether oxygens (including phenoxy) is 1. The molecule has 2 aromatic heterocycles. The Kier molecular flexibility index (Phi) is 7.04. The topological polar surface area (TPSA) is 76.5 Å². The van der Waals surface area contributed by atoms with E-state index in [0.717, 1.165) is 16.9 Å². The van der Waals surface area contributed by atoms with Gasteiger partial charge in [-0.2, -0.15) is 0 Å². The van der Waals surface area contributed by atoms with E-state index in [0.29, 0.717) is 22.3 Å². The number of methoxy groups -OCH3 is 1. The lowest BCUT2D eigenvalue weighted by atomic mass is 10.1. The number of aromatic nitrogens is 2. The second-order valence-electron chi connectivity index (χ2n) is 8.07. The Hall–Kier alpha value is -3.56. The molecule has 0 unspecified atom stereocenters. The van der Waals surface area contributed by atoms with E-state index in [4.69, 9.17) is 4.74 Å². The van der Waals surface area contributed by atoms with E-state index in [2.05, 4.69) is 10.3 Å². The van der Waals surface area contributed by atoms with Gasteiger partial charge in [-0.15, -0.1) is 11.3 Å². The molecule has 4 rings (SSSR count). The minimum absolute atomic E-state index is 0.0710. The average Bonchev–Trinajstić information content (AvgIpc) is 3.26. The molecule has 2 aromatic carbocycles. The lowest BCUT2D eigenvalue weighted by Gasteiger charge is -2.25. The fourth-order valence-corrected chi connectivity index (χ4v) is 4.70. The standard InChI is InChI=1S/C25H25FN4O3S/c1-29(2)21(17-5-4-6-19(11-17)33-3)12-27-22(31)13-30-15-28-24-23(25(30)32)20(14-34-24)16-7-9-18(26)10-8-16/h4-11,14-15,21H,12-13H2,1-3H3,(H,27,31)/t21-/m1/s1. The number of benzene rings is 2. The summed E-state index contributed by atoms with van der Waals surface area (Å²) >= 11 is 1.34. The smallest absolute Gasteiger partial charge is 0.263 e. The molecule has 7 nitrogen and oxygen atoms in total. The summed E-state index contributed by atoms with van der Waals surface area (Å²) in [5.74, 6) is 0.103. The fourth-order valence-electron chi connectivity index (χ4n) is 3.79. The van der Waals surface area contributed by atoms with Gasteiger partial charge in [0.15, 0.2) is 0 Å². The third-order valence-electron chi connectivity index (χ3n) is 5.62. The summed E-state index contributed by atoms with van der Waals surface area (Å²) in [5.41, 5.74) is 2.10. The predicted molar refractivity (Wildman–Crippen MR) is 132 cm³/mol. The second kappa shape index (κ2) is 10.1. The number of hydrogen-bond acceptors (Lipinski definition) is 6. The lowest BCUT2D eigenvalue weighted by Crippen LogP contribution is -2.37. The quantitative estimate of drug-likeness (QED) is 0.416. The molecule has 4 aromatic rings. The van der Waals surface area contributed by atoms with Gasteiger partial charge in [0, 0.05) is 17.5 Å². The minimum atomic E-state index is -0.347. The monoisotopic (exact) mass is 480 g/mol. The highest BCUT2D eigenvalue weighted by molar-refractivity contribution is 7.17. The van der Waals surface area contributed by atoms with Gasteiger partial charge in [-0.1, -0.05) is 24.3 Å². The molecule has 9 heteroatoms. The number of carbonyl (C=O) groups excluding carboxylic acids is 1. The fraction of sp³-hybridized carbons (Fsp3) is 0.240. The number of fused-ring (bicyclic) bond motifs is 1. The van der Waals surface area contributed by atoms with Gasteiger partial charge in [-0.05, 0) is 49.5 Å². The maximum Gasteiger partial charge on any atom is 0.263 e. The molecular formula is C25H25FN4O3S. The molecule has 1 N–H and O–H groups in total. The molecule has 0 aliphatic heterocycles. The Balaban J connectivity index is 1.52. The first-order valence-electron chi connectivity index (χ1n) is 10.7. The van der Waals surface area contributed by atoms with E-state index >= 15 is 0 Å². The van der Waals surface area contributed by atoms with Gasteiger partial charge >= 0.3 is 0 Å². The van der Waals surface area contributed by atoms with Crippen LogP contribution in [0.15, 0.2) is 65.0 Å². The summed E-state index contributed by atoms with van der Waals surface area (Å²) < 4.78 is 19.9. The summed E-state index contributed by atoms with van der Waals surface area (Å²) in [6, 6.07) is 13.6. The van der Waals surface area contributed by atoms with Crippen molar-refractivity contribution in [2.75, 3.05) is 27.7 Å². The van der Waals surface area contributed by atoms with Gasteiger partial charge in [0.1, 0.15) is 22.9 Å². The van der Waals surface area contributed by atoms with Gasteiger partial charge in [0.25, 0.3) is 5.56 Å². The van der Waals surface area contributed by atoms with Gasteiger partial charge in [-0.25, -0.2) is 9.37 Å². The normalized spacial score (nSPS) is 12.1. The summed E-state index contributed by atoms with van der Waals surface area (Å²) in [6.45, 7) is 0.210. The van der Waals surface area contributed by atoms with Crippen LogP contribution in [0.4, 0.5) is 4.39 Å². The minimum Gasteiger partial charge on any atom is -0.497 e. The van der Waals surface area contributed by atoms with Crippen LogP contribution in [0, 0.1) is 5.82 Å². The Morgan fingerprint density at radius 2 is 2.00 bits per heavy atom. The van der Waals surface area contributed by atoms with Crippen LogP contribution in [0.1, 0.15) is 11.6 Å². The van der Waals surface area contributed by atoms with Crippen molar-refractivity contribution in [1.29, 1.82) is 0 Å². The summed E-state index contributed by atoms with van der Waals surface area (Å²) in [4.78, 5) is 32.8. The van der Waals surface area contributed by atoms with Crippen LogP contribution in [0.25, 0.3) is 21.3 Å². The number of nitrogens with zero attached hydrogens (tertiary/aromatic N) is 3. The molecule has 0 aliphatic rings. The van der Waals surface area contributed by atoms with Crippen molar-refractivity contribution in [3.8, 4) is 16.9 Å². The maximum atomic E-state index is 13.3. The molecule has 0 saturated heterocycles. The van der Waals surface area contributed by atoms with Crippen LogP contribution in [0.2, 0.25) is 0 Å². The molecule has 0 radical (unpaired) electrons. The van der Waals surface area contributed by atoms with E-state index < -0.39 is 0 Å². The predicted octanol–water partition coefficient (Wildman–Crippen LogP) is 3.69.